The summed E-state index contributed by atoms with van der Waals surface area (Å²) in [7, 11) is 1.75. The number of benzene rings is 1. The van der Waals surface area contributed by atoms with Crippen LogP contribution in [0.25, 0.3) is 16.9 Å². The number of rotatable bonds is 4. The molecule has 0 fully saturated rings. The Kier molecular flexibility index (Phi) is 4.56. The molecule has 0 radical (unpaired) electrons. The monoisotopic (exact) mass is 397 g/mol. The number of nitrogens with two attached hydrogens (primary N) is 1. The summed E-state index contributed by atoms with van der Waals surface area (Å²) in [6.45, 7) is 2.15. The number of anilines is 2. The minimum absolute atomic E-state index is 0.0748. The molecule has 4 rings (SSSR count). The van der Waals surface area contributed by atoms with Crippen molar-refractivity contribution in [1.82, 2.24) is 24.3 Å². The van der Waals surface area contributed by atoms with Gasteiger partial charge in [0.1, 0.15) is 11.6 Å². The van der Waals surface area contributed by atoms with Gasteiger partial charge in [0.25, 0.3) is 0 Å². The number of fused-ring (bicyclic) bond motifs is 1. The van der Waals surface area contributed by atoms with E-state index in [-0.39, 0.29) is 17.5 Å². The Hall–Kier alpha value is -3.26. The van der Waals surface area contributed by atoms with Gasteiger partial charge < -0.3 is 15.0 Å². The summed E-state index contributed by atoms with van der Waals surface area (Å²) in [6, 6.07) is 8.70. The topological polar surface area (TPSA) is 85.2 Å². The molecule has 0 aliphatic rings. The van der Waals surface area contributed by atoms with Crippen molar-refractivity contribution >= 4 is 29.0 Å². The van der Waals surface area contributed by atoms with Crippen molar-refractivity contribution in [2.45, 2.75) is 13.5 Å². The van der Waals surface area contributed by atoms with Gasteiger partial charge in [0.15, 0.2) is 5.82 Å². The van der Waals surface area contributed by atoms with Crippen LogP contribution in [0, 0.1) is 12.7 Å². The number of aryl methyl sites for hydroxylation is 1. The molecule has 1 aromatic carbocycles. The third-order valence-electron chi connectivity index (χ3n) is 4.39. The summed E-state index contributed by atoms with van der Waals surface area (Å²) in [5, 5.41) is 0.0748. The number of imidazole rings is 1. The first kappa shape index (κ1) is 18.1. The van der Waals surface area contributed by atoms with Gasteiger partial charge in [0.05, 0.1) is 16.7 Å². The average Bonchev–Trinajstić information content (AvgIpc) is 3.05. The standard InChI is InChI=1S/C19H17ClFN7/c1-11-23-8-14-7-6-13(10-28(11)14)17-24-18(22)26-19(25-17)27(2)9-12-4-3-5-15(20)16(12)21/h3-8,10H,9H2,1-2H3,(H2,22,24,25,26). The maximum Gasteiger partial charge on any atom is 0.230 e. The van der Waals surface area contributed by atoms with E-state index in [2.05, 4.69) is 19.9 Å². The fourth-order valence-corrected chi connectivity index (χ4v) is 3.12. The lowest BCUT2D eigenvalue weighted by Crippen LogP contribution is -2.21. The first-order valence-corrected chi connectivity index (χ1v) is 8.90. The third-order valence-corrected chi connectivity index (χ3v) is 4.68. The second-order valence-corrected chi connectivity index (χ2v) is 6.81. The number of nitrogens with zero attached hydrogens (tertiary/aromatic N) is 6. The highest BCUT2D eigenvalue weighted by Gasteiger charge is 2.14. The van der Waals surface area contributed by atoms with Crippen LogP contribution in [0.5, 0.6) is 0 Å². The normalized spacial score (nSPS) is 11.1. The van der Waals surface area contributed by atoms with E-state index in [1.54, 1.807) is 30.3 Å². The molecule has 9 heteroatoms. The van der Waals surface area contributed by atoms with Gasteiger partial charge in [-0.15, -0.1) is 0 Å². The van der Waals surface area contributed by atoms with E-state index >= 15 is 0 Å². The van der Waals surface area contributed by atoms with Gasteiger partial charge in [0, 0.05) is 30.9 Å². The van der Waals surface area contributed by atoms with Crippen LogP contribution in [-0.4, -0.2) is 31.4 Å². The van der Waals surface area contributed by atoms with E-state index in [4.69, 9.17) is 17.3 Å². The number of pyridine rings is 1. The van der Waals surface area contributed by atoms with Gasteiger partial charge in [-0.25, -0.2) is 9.37 Å². The number of aromatic nitrogens is 5. The highest BCUT2D eigenvalue weighted by molar-refractivity contribution is 6.30. The van der Waals surface area contributed by atoms with Crippen LogP contribution in [0.1, 0.15) is 11.4 Å². The molecule has 3 heterocycles. The molecule has 7 nitrogen and oxygen atoms in total. The molecule has 0 aliphatic carbocycles. The molecule has 0 amide bonds. The minimum atomic E-state index is -0.459. The second kappa shape index (κ2) is 7.05. The van der Waals surface area contributed by atoms with Gasteiger partial charge in [-0.05, 0) is 25.1 Å². The van der Waals surface area contributed by atoms with Gasteiger partial charge >= 0.3 is 0 Å². The Bertz CT molecular complexity index is 1170. The lowest BCUT2D eigenvalue weighted by molar-refractivity contribution is 0.607. The zero-order valence-corrected chi connectivity index (χ0v) is 16.0. The van der Waals surface area contributed by atoms with E-state index in [0.717, 1.165) is 16.9 Å². The lowest BCUT2D eigenvalue weighted by Gasteiger charge is -2.18. The van der Waals surface area contributed by atoms with Gasteiger partial charge in [0.2, 0.25) is 11.9 Å². The maximum absolute atomic E-state index is 14.2. The molecule has 28 heavy (non-hydrogen) atoms. The highest BCUT2D eigenvalue weighted by Crippen LogP contribution is 2.23. The molecule has 4 aromatic rings. The molecule has 0 saturated carbocycles. The summed E-state index contributed by atoms with van der Waals surface area (Å²) >= 11 is 5.86. The number of hydrogen-bond donors (Lipinski definition) is 1. The minimum Gasteiger partial charge on any atom is -0.368 e. The highest BCUT2D eigenvalue weighted by atomic mass is 35.5. The molecule has 3 aromatic heterocycles. The smallest absolute Gasteiger partial charge is 0.230 e. The molecule has 0 unspecified atom stereocenters. The molecule has 0 saturated heterocycles. The molecule has 142 valence electrons. The molecular formula is C19H17ClFN7. The Morgan fingerprint density at radius 2 is 2.00 bits per heavy atom. The van der Waals surface area contributed by atoms with E-state index in [0.29, 0.717) is 17.3 Å². The van der Waals surface area contributed by atoms with Crippen LogP contribution < -0.4 is 10.6 Å². The zero-order valence-electron chi connectivity index (χ0n) is 15.3. The third kappa shape index (κ3) is 3.34. The molecule has 2 N–H and O–H groups in total. The summed E-state index contributed by atoms with van der Waals surface area (Å²) in [5.74, 6) is 1.24. The first-order valence-electron chi connectivity index (χ1n) is 8.52. The van der Waals surface area contributed by atoms with E-state index < -0.39 is 5.82 Å². The van der Waals surface area contributed by atoms with E-state index in [9.17, 15) is 4.39 Å². The van der Waals surface area contributed by atoms with Gasteiger partial charge in [-0.2, -0.15) is 15.0 Å². The first-order chi connectivity index (χ1) is 13.4. The Morgan fingerprint density at radius 1 is 1.18 bits per heavy atom. The number of hydrogen-bond acceptors (Lipinski definition) is 6. The number of nitrogen functional groups attached to an aromatic ring is 1. The van der Waals surface area contributed by atoms with Crippen molar-refractivity contribution in [1.29, 1.82) is 0 Å². The number of halogens is 2. The maximum atomic E-state index is 14.2. The molecule has 0 atom stereocenters. The van der Waals surface area contributed by atoms with Crippen molar-refractivity contribution in [3.8, 4) is 11.4 Å². The van der Waals surface area contributed by atoms with Crippen LogP contribution in [0.4, 0.5) is 16.3 Å². The predicted molar refractivity (Wildman–Crippen MR) is 107 cm³/mol. The fraction of sp³-hybridized carbons (Fsp3) is 0.158. The fourth-order valence-electron chi connectivity index (χ4n) is 2.93. The summed E-state index contributed by atoms with van der Waals surface area (Å²) < 4.78 is 16.2. The van der Waals surface area contributed by atoms with Crippen molar-refractivity contribution in [3.63, 3.8) is 0 Å². The van der Waals surface area contributed by atoms with Crippen LogP contribution >= 0.6 is 11.6 Å². The van der Waals surface area contributed by atoms with Crippen LogP contribution in [0.2, 0.25) is 5.02 Å². The predicted octanol–water partition coefficient (Wildman–Crippen LogP) is 3.51. The summed E-state index contributed by atoms with van der Waals surface area (Å²) in [4.78, 5) is 18.9. The molecule has 0 spiro atoms. The molecule has 0 bridgehead atoms. The lowest BCUT2D eigenvalue weighted by atomic mass is 10.2. The molecular weight excluding hydrogens is 381 g/mol. The van der Waals surface area contributed by atoms with Crippen LogP contribution in [-0.2, 0) is 6.54 Å². The van der Waals surface area contributed by atoms with E-state index in [1.807, 2.05) is 29.7 Å². The van der Waals surface area contributed by atoms with Crippen molar-refractivity contribution in [3.05, 3.63) is 65.0 Å². The molecule has 0 aliphatic heterocycles. The van der Waals surface area contributed by atoms with Crippen molar-refractivity contribution < 1.29 is 4.39 Å². The van der Waals surface area contributed by atoms with Crippen LogP contribution in [0.15, 0.2) is 42.7 Å². The Balaban J connectivity index is 1.69. The Labute approximate surface area is 165 Å². The van der Waals surface area contributed by atoms with Crippen LogP contribution in [0.3, 0.4) is 0 Å². The summed E-state index contributed by atoms with van der Waals surface area (Å²) in [6.07, 6.45) is 3.69. The largest absolute Gasteiger partial charge is 0.368 e. The zero-order chi connectivity index (χ0) is 19.8. The SMILES string of the molecule is Cc1ncc2ccc(-c3nc(N)nc(N(C)Cc4cccc(Cl)c4F)n3)cn12. The van der Waals surface area contributed by atoms with Crippen molar-refractivity contribution in [2.24, 2.45) is 0 Å². The second-order valence-electron chi connectivity index (χ2n) is 6.40. The quantitative estimate of drug-likeness (QED) is 0.567. The van der Waals surface area contributed by atoms with E-state index in [1.165, 1.54) is 6.07 Å². The average molecular weight is 398 g/mol. The van der Waals surface area contributed by atoms with Crippen molar-refractivity contribution in [2.75, 3.05) is 17.7 Å². The summed E-state index contributed by atoms with van der Waals surface area (Å²) in [5.41, 5.74) is 8.08. The Morgan fingerprint density at radius 3 is 2.82 bits per heavy atom. The van der Waals surface area contributed by atoms with Gasteiger partial charge in [-0.1, -0.05) is 23.7 Å². The van der Waals surface area contributed by atoms with Gasteiger partial charge in [-0.3, -0.25) is 0 Å².